The Morgan fingerprint density at radius 1 is 0.892 bits per heavy atom. The molecule has 0 bridgehead atoms. The molecule has 0 unspecified atom stereocenters. The summed E-state index contributed by atoms with van der Waals surface area (Å²) >= 11 is 0. The quantitative estimate of drug-likeness (QED) is 0.250. The van der Waals surface area contributed by atoms with Crippen molar-refractivity contribution in [2.45, 2.75) is 45.8 Å². The van der Waals surface area contributed by atoms with Crippen LogP contribution in [0.3, 0.4) is 0 Å². The predicted molar refractivity (Wildman–Crippen MR) is 151 cm³/mol. The molecule has 0 saturated heterocycles. The second-order valence-electron chi connectivity index (χ2n) is 9.89. The summed E-state index contributed by atoms with van der Waals surface area (Å²) in [5.74, 6) is 1.99. The molecule has 0 saturated carbocycles. The van der Waals surface area contributed by atoms with Gasteiger partial charge in [-0.05, 0) is 89.3 Å². The van der Waals surface area contributed by atoms with E-state index in [2.05, 4.69) is 95.8 Å². The van der Waals surface area contributed by atoms with E-state index in [1.54, 1.807) is 0 Å². The number of nitrogens with one attached hydrogen (secondary N) is 1. The lowest BCUT2D eigenvalue weighted by Gasteiger charge is -2.18. The van der Waals surface area contributed by atoms with E-state index in [0.717, 1.165) is 61.6 Å². The van der Waals surface area contributed by atoms with Crippen LogP contribution in [0.1, 0.15) is 42.3 Å². The summed E-state index contributed by atoms with van der Waals surface area (Å²) < 4.78 is 8.39. The maximum absolute atomic E-state index is 6.10. The van der Waals surface area contributed by atoms with Crippen LogP contribution in [-0.4, -0.2) is 16.1 Å². The second-order valence-corrected chi connectivity index (χ2v) is 9.89. The molecule has 6 rings (SSSR count). The van der Waals surface area contributed by atoms with Gasteiger partial charge in [-0.2, -0.15) is 0 Å². The Balaban J connectivity index is 1.21. The minimum absolute atomic E-state index is 0.549. The van der Waals surface area contributed by atoms with Gasteiger partial charge in [0.15, 0.2) is 0 Å². The molecule has 4 nitrogen and oxygen atoms in total. The maximum Gasteiger partial charge on any atom is 0.119 e. The van der Waals surface area contributed by atoms with Crippen LogP contribution in [-0.2, 0) is 26.0 Å². The van der Waals surface area contributed by atoms with Crippen molar-refractivity contribution in [2.75, 3.05) is 6.54 Å². The van der Waals surface area contributed by atoms with Gasteiger partial charge in [-0.3, -0.25) is 0 Å². The average molecular weight is 488 g/mol. The monoisotopic (exact) mass is 487 g/mol. The molecule has 1 aliphatic heterocycles. The first kappa shape index (κ1) is 23.5. The highest BCUT2D eigenvalue weighted by Crippen LogP contribution is 2.27. The molecule has 4 aromatic carbocycles. The Bertz CT molecular complexity index is 1520. The van der Waals surface area contributed by atoms with Gasteiger partial charge in [0.25, 0.3) is 0 Å². The van der Waals surface area contributed by atoms with Crippen molar-refractivity contribution in [1.29, 1.82) is 0 Å². The number of unbranched alkanes of at least 4 members (excludes halogenated alkanes) is 1. The summed E-state index contributed by atoms with van der Waals surface area (Å²) in [4.78, 5) is 5.07. The Hall–Kier alpha value is -3.89. The number of imidazole rings is 1. The van der Waals surface area contributed by atoms with Crippen molar-refractivity contribution in [1.82, 2.24) is 14.9 Å². The van der Waals surface area contributed by atoms with Crippen LogP contribution in [0.15, 0.2) is 91.1 Å². The minimum Gasteiger partial charge on any atom is -0.489 e. The standard InChI is InChI=1S/C33H33N3O/c1-2-3-8-33-35-32(22-36(33)30-14-11-26-17-18-34-21-29(26)20-30)27-12-15-31(16-13-27)37-23-24-9-10-25-6-4-5-7-28(25)19-24/h4-7,9-16,19-20,22,34H,2-3,8,17-18,21,23H2,1H3. The number of ether oxygens (including phenoxy) is 1. The Morgan fingerprint density at radius 2 is 1.76 bits per heavy atom. The third-order valence-corrected chi connectivity index (χ3v) is 7.26. The molecule has 0 spiro atoms. The molecule has 0 atom stereocenters. The molecule has 1 aromatic heterocycles. The topological polar surface area (TPSA) is 39.1 Å². The van der Waals surface area contributed by atoms with E-state index in [1.807, 2.05) is 12.1 Å². The van der Waals surface area contributed by atoms with Crippen LogP contribution >= 0.6 is 0 Å². The molecule has 4 heteroatoms. The number of benzene rings is 4. The van der Waals surface area contributed by atoms with Gasteiger partial charge in [0.2, 0.25) is 0 Å². The third-order valence-electron chi connectivity index (χ3n) is 7.26. The molecule has 1 N–H and O–H groups in total. The largest absolute Gasteiger partial charge is 0.489 e. The molecule has 0 amide bonds. The van der Waals surface area contributed by atoms with Crippen LogP contribution in [0.25, 0.3) is 27.7 Å². The van der Waals surface area contributed by atoms with Crippen LogP contribution in [0, 0.1) is 0 Å². The molecule has 37 heavy (non-hydrogen) atoms. The predicted octanol–water partition coefficient (Wildman–Crippen LogP) is 7.26. The van der Waals surface area contributed by atoms with Crippen LogP contribution in [0.4, 0.5) is 0 Å². The summed E-state index contributed by atoms with van der Waals surface area (Å²) in [6.07, 6.45) is 6.54. The van der Waals surface area contributed by atoms with Gasteiger partial charge in [-0.15, -0.1) is 0 Å². The summed E-state index contributed by atoms with van der Waals surface area (Å²) in [7, 11) is 0. The summed E-state index contributed by atoms with van der Waals surface area (Å²) in [6.45, 7) is 4.78. The zero-order valence-electron chi connectivity index (χ0n) is 21.4. The van der Waals surface area contributed by atoms with Crippen molar-refractivity contribution >= 4 is 10.8 Å². The van der Waals surface area contributed by atoms with E-state index in [1.165, 1.54) is 33.2 Å². The average Bonchev–Trinajstić information content (AvgIpc) is 3.39. The fourth-order valence-electron chi connectivity index (χ4n) is 5.13. The summed E-state index contributed by atoms with van der Waals surface area (Å²) in [6, 6.07) is 30.1. The zero-order valence-corrected chi connectivity index (χ0v) is 21.4. The van der Waals surface area contributed by atoms with Crippen molar-refractivity contribution < 1.29 is 4.74 Å². The van der Waals surface area contributed by atoms with Gasteiger partial charge in [0.1, 0.15) is 18.2 Å². The van der Waals surface area contributed by atoms with Crippen molar-refractivity contribution in [3.05, 3.63) is 114 Å². The first-order valence-electron chi connectivity index (χ1n) is 13.4. The van der Waals surface area contributed by atoms with E-state index in [-0.39, 0.29) is 0 Å². The molecule has 0 radical (unpaired) electrons. The smallest absolute Gasteiger partial charge is 0.119 e. The van der Waals surface area contributed by atoms with Gasteiger partial charge >= 0.3 is 0 Å². The van der Waals surface area contributed by atoms with Gasteiger partial charge in [-0.1, -0.05) is 55.8 Å². The van der Waals surface area contributed by atoms with Crippen LogP contribution < -0.4 is 10.1 Å². The maximum atomic E-state index is 6.10. The number of aromatic nitrogens is 2. The minimum atomic E-state index is 0.549. The lowest BCUT2D eigenvalue weighted by Crippen LogP contribution is -2.23. The number of hydrogen-bond donors (Lipinski definition) is 1. The lowest BCUT2D eigenvalue weighted by molar-refractivity contribution is 0.306. The number of nitrogens with zero attached hydrogens (tertiary/aromatic N) is 2. The highest BCUT2D eigenvalue weighted by molar-refractivity contribution is 5.83. The Kier molecular flexibility index (Phi) is 6.74. The van der Waals surface area contributed by atoms with E-state index >= 15 is 0 Å². The molecule has 1 aliphatic rings. The van der Waals surface area contributed by atoms with Gasteiger partial charge in [-0.25, -0.2) is 4.98 Å². The van der Waals surface area contributed by atoms with E-state index in [9.17, 15) is 0 Å². The number of hydrogen-bond acceptors (Lipinski definition) is 3. The number of rotatable bonds is 8. The zero-order chi connectivity index (χ0) is 25.0. The van der Waals surface area contributed by atoms with Crippen molar-refractivity contribution in [2.24, 2.45) is 0 Å². The number of fused-ring (bicyclic) bond motifs is 2. The fourth-order valence-corrected chi connectivity index (χ4v) is 5.13. The van der Waals surface area contributed by atoms with Crippen molar-refractivity contribution in [3.63, 3.8) is 0 Å². The van der Waals surface area contributed by atoms with E-state index in [4.69, 9.17) is 9.72 Å². The van der Waals surface area contributed by atoms with Gasteiger partial charge in [0.05, 0.1) is 5.69 Å². The molecule has 0 aliphatic carbocycles. The first-order valence-corrected chi connectivity index (χ1v) is 13.4. The molecule has 186 valence electrons. The Morgan fingerprint density at radius 3 is 2.62 bits per heavy atom. The van der Waals surface area contributed by atoms with Crippen molar-refractivity contribution in [3.8, 4) is 22.7 Å². The summed E-state index contributed by atoms with van der Waals surface area (Å²) in [5.41, 5.74) is 7.33. The second kappa shape index (κ2) is 10.6. The molecular weight excluding hydrogens is 454 g/mol. The van der Waals surface area contributed by atoms with Crippen LogP contribution in [0.2, 0.25) is 0 Å². The molecule has 2 heterocycles. The lowest BCUT2D eigenvalue weighted by atomic mass is 10.0. The normalized spacial score (nSPS) is 13.0. The number of aryl methyl sites for hydroxylation is 1. The first-order chi connectivity index (χ1) is 18.3. The summed E-state index contributed by atoms with van der Waals surface area (Å²) in [5, 5.41) is 5.99. The molecule has 5 aromatic rings. The molecular formula is C33H33N3O. The van der Waals surface area contributed by atoms with Gasteiger partial charge in [0, 0.05) is 30.4 Å². The van der Waals surface area contributed by atoms with E-state index in [0.29, 0.717) is 6.61 Å². The van der Waals surface area contributed by atoms with E-state index < -0.39 is 0 Å². The Labute approximate surface area is 219 Å². The highest BCUT2D eigenvalue weighted by Gasteiger charge is 2.14. The van der Waals surface area contributed by atoms with Crippen LogP contribution in [0.5, 0.6) is 5.75 Å². The highest BCUT2D eigenvalue weighted by atomic mass is 16.5. The van der Waals surface area contributed by atoms with Gasteiger partial charge < -0.3 is 14.6 Å². The third kappa shape index (κ3) is 5.16. The SMILES string of the molecule is CCCCc1nc(-c2ccc(OCc3ccc4ccccc4c3)cc2)cn1-c1ccc2c(c1)CNCC2. The fraction of sp³-hybridized carbons (Fsp3) is 0.242. The molecule has 0 fully saturated rings.